The van der Waals surface area contributed by atoms with Crippen molar-refractivity contribution in [3.63, 3.8) is 0 Å². The quantitative estimate of drug-likeness (QED) is 0.702. The van der Waals surface area contributed by atoms with Crippen LogP contribution in [-0.4, -0.2) is 20.0 Å². The van der Waals surface area contributed by atoms with Gasteiger partial charge in [0.25, 0.3) is 0 Å². The predicted molar refractivity (Wildman–Crippen MR) is 103 cm³/mol. The fourth-order valence-corrected chi connectivity index (χ4v) is 4.73. The molecule has 0 spiro atoms. The lowest BCUT2D eigenvalue weighted by molar-refractivity contribution is -0.123. The molecule has 25 heavy (non-hydrogen) atoms. The normalized spacial score (nSPS) is 12.4. The van der Waals surface area contributed by atoms with Gasteiger partial charge in [-0.05, 0) is 35.4 Å². The van der Waals surface area contributed by atoms with Gasteiger partial charge in [0, 0.05) is 15.5 Å². The summed E-state index contributed by atoms with van der Waals surface area (Å²) in [5.74, 6) is -0.840. The van der Waals surface area contributed by atoms with Gasteiger partial charge in [-0.3, -0.25) is 4.79 Å². The van der Waals surface area contributed by atoms with Crippen LogP contribution in [0.5, 0.6) is 0 Å². The van der Waals surface area contributed by atoms with Crippen LogP contribution in [0, 0.1) is 5.41 Å². The second kappa shape index (κ2) is 7.48. The average Bonchev–Trinajstić information content (AvgIpc) is 2.50. The SMILES string of the molecule is CC(C)(C)C(=O)CS(=O)(=O)C(c1ccc(Cl)cc1)c1ccc(Cl)cc1. The highest BCUT2D eigenvalue weighted by molar-refractivity contribution is 7.92. The number of halogens is 2. The molecule has 0 aliphatic rings. The Labute approximate surface area is 158 Å². The van der Waals surface area contributed by atoms with Gasteiger partial charge in [0.05, 0.1) is 0 Å². The second-order valence-corrected chi connectivity index (χ2v) is 9.92. The van der Waals surface area contributed by atoms with E-state index in [-0.39, 0.29) is 5.78 Å². The highest BCUT2D eigenvalue weighted by atomic mass is 35.5. The largest absolute Gasteiger partial charge is 0.298 e. The lowest BCUT2D eigenvalue weighted by atomic mass is 9.92. The first kappa shape index (κ1) is 20.0. The number of Topliss-reactive ketones (excluding diaryl/α,β-unsaturated/α-hetero) is 1. The molecule has 0 unspecified atom stereocenters. The summed E-state index contributed by atoms with van der Waals surface area (Å²) in [6.07, 6.45) is 0. The van der Waals surface area contributed by atoms with E-state index in [4.69, 9.17) is 23.2 Å². The van der Waals surface area contributed by atoms with Crippen LogP contribution in [0.3, 0.4) is 0 Å². The number of benzene rings is 2. The first-order valence-corrected chi connectivity index (χ1v) is 10.2. The van der Waals surface area contributed by atoms with Crippen LogP contribution < -0.4 is 0 Å². The Morgan fingerprint density at radius 1 is 0.880 bits per heavy atom. The number of hydrogen-bond acceptors (Lipinski definition) is 3. The second-order valence-electron chi connectivity index (χ2n) is 6.96. The van der Waals surface area contributed by atoms with Crippen molar-refractivity contribution in [3.05, 3.63) is 69.7 Å². The molecule has 134 valence electrons. The van der Waals surface area contributed by atoms with Gasteiger partial charge in [0.15, 0.2) is 15.6 Å². The van der Waals surface area contributed by atoms with E-state index in [9.17, 15) is 13.2 Å². The molecule has 6 heteroatoms. The molecule has 0 atom stereocenters. The average molecular weight is 399 g/mol. The summed E-state index contributed by atoms with van der Waals surface area (Å²) < 4.78 is 26.1. The minimum Gasteiger partial charge on any atom is -0.298 e. The molecule has 0 fully saturated rings. The fourth-order valence-electron chi connectivity index (χ4n) is 2.36. The number of sulfone groups is 1. The third-order valence-electron chi connectivity index (χ3n) is 3.87. The van der Waals surface area contributed by atoms with E-state index in [1.165, 1.54) is 0 Å². The van der Waals surface area contributed by atoms with Crippen LogP contribution in [0.1, 0.15) is 37.1 Å². The molecule has 0 saturated heterocycles. The lowest BCUT2D eigenvalue weighted by Gasteiger charge is -2.22. The fraction of sp³-hybridized carbons (Fsp3) is 0.316. The molecule has 0 saturated carbocycles. The zero-order chi connectivity index (χ0) is 18.8. The smallest absolute Gasteiger partial charge is 0.168 e. The zero-order valence-electron chi connectivity index (χ0n) is 14.3. The van der Waals surface area contributed by atoms with E-state index in [0.29, 0.717) is 21.2 Å². The molecule has 0 aromatic heterocycles. The van der Waals surface area contributed by atoms with E-state index in [0.717, 1.165) is 0 Å². The molecule has 0 N–H and O–H groups in total. The van der Waals surface area contributed by atoms with Gasteiger partial charge in [-0.2, -0.15) is 0 Å². The first-order chi connectivity index (χ1) is 11.5. The van der Waals surface area contributed by atoms with Crippen molar-refractivity contribution >= 4 is 38.8 Å². The minimum absolute atomic E-state index is 0.319. The molecule has 0 bridgehead atoms. The minimum atomic E-state index is -3.77. The summed E-state index contributed by atoms with van der Waals surface area (Å²) in [6, 6.07) is 13.2. The maximum Gasteiger partial charge on any atom is 0.168 e. The number of carbonyl (C=O) groups excluding carboxylic acids is 1. The highest BCUT2D eigenvalue weighted by Gasteiger charge is 2.34. The molecule has 0 radical (unpaired) electrons. The summed E-state index contributed by atoms with van der Waals surface area (Å²) in [5.41, 5.74) is 0.402. The summed E-state index contributed by atoms with van der Waals surface area (Å²) in [6.45, 7) is 5.14. The Kier molecular flexibility index (Phi) is 5.97. The standard InChI is InChI=1S/C19H20Cl2O3S/c1-19(2,3)17(22)12-25(23,24)18(13-4-8-15(20)9-5-13)14-6-10-16(21)11-7-14/h4-11,18H,12H2,1-3H3. The Bertz CT molecular complexity index is 804. The van der Waals surface area contributed by atoms with Crippen molar-refractivity contribution in [3.8, 4) is 0 Å². The summed E-state index contributed by atoms with van der Waals surface area (Å²) in [5, 5.41) is 0.0804. The molecule has 0 aliphatic carbocycles. The summed E-state index contributed by atoms with van der Waals surface area (Å²) in [4.78, 5) is 12.3. The third-order valence-corrected chi connectivity index (χ3v) is 6.30. The highest BCUT2D eigenvalue weighted by Crippen LogP contribution is 2.33. The Morgan fingerprint density at radius 3 is 1.56 bits per heavy atom. The predicted octanol–water partition coefficient (Wildman–Crippen LogP) is 5.11. The van der Waals surface area contributed by atoms with E-state index in [1.54, 1.807) is 69.3 Å². The van der Waals surface area contributed by atoms with Crippen LogP contribution in [0.25, 0.3) is 0 Å². The van der Waals surface area contributed by atoms with E-state index < -0.39 is 26.3 Å². The van der Waals surface area contributed by atoms with Crippen molar-refractivity contribution in [1.82, 2.24) is 0 Å². The van der Waals surface area contributed by atoms with Crippen LogP contribution >= 0.6 is 23.2 Å². The Morgan fingerprint density at radius 2 is 1.24 bits per heavy atom. The number of ketones is 1. The molecular weight excluding hydrogens is 379 g/mol. The van der Waals surface area contributed by atoms with E-state index in [2.05, 4.69) is 0 Å². The number of rotatable bonds is 5. The molecule has 2 rings (SSSR count). The van der Waals surface area contributed by atoms with Crippen molar-refractivity contribution in [2.24, 2.45) is 5.41 Å². The molecule has 0 amide bonds. The maximum atomic E-state index is 13.1. The van der Waals surface area contributed by atoms with Crippen LogP contribution in [0.2, 0.25) is 10.0 Å². The van der Waals surface area contributed by atoms with Crippen molar-refractivity contribution in [1.29, 1.82) is 0 Å². The number of carbonyl (C=O) groups is 1. The van der Waals surface area contributed by atoms with Gasteiger partial charge in [-0.15, -0.1) is 0 Å². The van der Waals surface area contributed by atoms with Gasteiger partial charge in [-0.1, -0.05) is 68.2 Å². The molecule has 0 aliphatic heterocycles. The van der Waals surface area contributed by atoms with Crippen LogP contribution in [0.15, 0.2) is 48.5 Å². The van der Waals surface area contributed by atoms with Crippen molar-refractivity contribution in [2.75, 3.05) is 5.75 Å². The van der Waals surface area contributed by atoms with E-state index >= 15 is 0 Å². The Balaban J connectivity index is 2.52. The van der Waals surface area contributed by atoms with Gasteiger partial charge < -0.3 is 0 Å². The van der Waals surface area contributed by atoms with Crippen molar-refractivity contribution < 1.29 is 13.2 Å². The topological polar surface area (TPSA) is 51.2 Å². The van der Waals surface area contributed by atoms with Crippen molar-refractivity contribution in [2.45, 2.75) is 26.0 Å². The molecule has 3 nitrogen and oxygen atoms in total. The molecule has 2 aromatic rings. The summed E-state index contributed by atoms with van der Waals surface area (Å²) >= 11 is 11.8. The van der Waals surface area contributed by atoms with E-state index in [1.807, 2.05) is 0 Å². The molecular formula is C19H20Cl2O3S. The van der Waals surface area contributed by atoms with Gasteiger partial charge in [0.1, 0.15) is 11.0 Å². The van der Waals surface area contributed by atoms with Crippen LogP contribution in [0.4, 0.5) is 0 Å². The van der Waals surface area contributed by atoms with Gasteiger partial charge >= 0.3 is 0 Å². The van der Waals surface area contributed by atoms with Gasteiger partial charge in [-0.25, -0.2) is 8.42 Å². The zero-order valence-corrected chi connectivity index (χ0v) is 16.6. The summed E-state index contributed by atoms with van der Waals surface area (Å²) in [7, 11) is -3.77. The van der Waals surface area contributed by atoms with Crippen LogP contribution in [-0.2, 0) is 14.6 Å². The monoisotopic (exact) mass is 398 g/mol. The number of hydrogen-bond donors (Lipinski definition) is 0. The molecule has 0 heterocycles. The maximum absolute atomic E-state index is 13.1. The van der Waals surface area contributed by atoms with Gasteiger partial charge in [0.2, 0.25) is 0 Å². The third kappa shape index (κ3) is 5.06. The Hall–Kier alpha value is -1.36. The molecule has 2 aromatic carbocycles. The first-order valence-electron chi connectivity index (χ1n) is 7.76. The lowest BCUT2D eigenvalue weighted by Crippen LogP contribution is -2.31.